The lowest BCUT2D eigenvalue weighted by atomic mass is 10.1. The van der Waals surface area contributed by atoms with Crippen LogP contribution in [0.5, 0.6) is 0 Å². The highest BCUT2D eigenvalue weighted by molar-refractivity contribution is 5.45. The molecular formula is C14H19N3. The van der Waals surface area contributed by atoms with Crippen LogP contribution in [-0.4, -0.2) is 16.1 Å². The van der Waals surface area contributed by atoms with Crippen LogP contribution in [-0.2, 0) is 19.9 Å². The number of aromatic nitrogens is 2. The number of hydrogen-bond donors (Lipinski definition) is 1. The average molecular weight is 229 g/mol. The van der Waals surface area contributed by atoms with E-state index in [0.717, 1.165) is 25.2 Å². The molecule has 0 amide bonds. The zero-order valence-electron chi connectivity index (χ0n) is 10.5. The molecule has 3 nitrogen and oxygen atoms in total. The summed E-state index contributed by atoms with van der Waals surface area (Å²) in [4.78, 5) is 4.30. The van der Waals surface area contributed by atoms with Crippen LogP contribution in [0.4, 0.5) is 5.69 Å². The smallest absolute Gasteiger partial charge is 0.110 e. The van der Waals surface area contributed by atoms with Crippen molar-refractivity contribution in [1.82, 2.24) is 9.55 Å². The summed E-state index contributed by atoms with van der Waals surface area (Å²) in [6, 6.07) is 8.57. The highest BCUT2D eigenvalue weighted by Gasteiger charge is 1.99. The second-order valence-corrected chi connectivity index (χ2v) is 4.19. The fourth-order valence-corrected chi connectivity index (χ4v) is 1.86. The number of imidazole rings is 1. The van der Waals surface area contributed by atoms with Crippen molar-refractivity contribution in [3.8, 4) is 0 Å². The van der Waals surface area contributed by atoms with E-state index < -0.39 is 0 Å². The molecule has 0 saturated carbocycles. The third-order valence-electron chi connectivity index (χ3n) is 2.93. The Labute approximate surface area is 103 Å². The molecular weight excluding hydrogens is 210 g/mol. The number of aryl methyl sites for hydroxylation is 2. The molecule has 0 saturated heterocycles. The molecule has 0 radical (unpaired) electrons. The average Bonchev–Trinajstić information content (AvgIpc) is 2.76. The maximum absolute atomic E-state index is 4.30. The Hall–Kier alpha value is -1.77. The fourth-order valence-electron chi connectivity index (χ4n) is 1.86. The molecule has 0 unspecified atom stereocenters. The van der Waals surface area contributed by atoms with Crippen molar-refractivity contribution in [2.45, 2.75) is 19.8 Å². The van der Waals surface area contributed by atoms with Crippen molar-refractivity contribution < 1.29 is 0 Å². The van der Waals surface area contributed by atoms with Gasteiger partial charge in [0.15, 0.2) is 0 Å². The molecule has 0 atom stereocenters. The normalized spacial score (nSPS) is 10.5. The van der Waals surface area contributed by atoms with Crippen LogP contribution < -0.4 is 5.32 Å². The van der Waals surface area contributed by atoms with Crippen molar-refractivity contribution in [3.63, 3.8) is 0 Å². The molecule has 0 spiro atoms. The molecule has 0 fully saturated rings. The van der Waals surface area contributed by atoms with E-state index in [4.69, 9.17) is 0 Å². The summed E-state index contributed by atoms with van der Waals surface area (Å²) in [6.07, 6.45) is 5.84. The van der Waals surface area contributed by atoms with Gasteiger partial charge >= 0.3 is 0 Å². The lowest BCUT2D eigenvalue weighted by Crippen LogP contribution is -2.08. The first-order valence-electron chi connectivity index (χ1n) is 6.08. The summed E-state index contributed by atoms with van der Waals surface area (Å²) in [5.74, 6) is 1.11. The topological polar surface area (TPSA) is 29.9 Å². The Morgan fingerprint density at radius 2 is 2.24 bits per heavy atom. The zero-order chi connectivity index (χ0) is 12.1. The predicted octanol–water partition coefficient (Wildman–Crippen LogP) is 2.64. The van der Waals surface area contributed by atoms with Gasteiger partial charge in [-0.15, -0.1) is 0 Å². The van der Waals surface area contributed by atoms with Crippen molar-refractivity contribution in [2.24, 2.45) is 7.05 Å². The van der Waals surface area contributed by atoms with Crippen molar-refractivity contribution in [3.05, 3.63) is 48.0 Å². The Morgan fingerprint density at radius 1 is 1.35 bits per heavy atom. The van der Waals surface area contributed by atoms with Gasteiger partial charge in [0.25, 0.3) is 0 Å². The van der Waals surface area contributed by atoms with Gasteiger partial charge in [-0.1, -0.05) is 19.1 Å². The summed E-state index contributed by atoms with van der Waals surface area (Å²) in [7, 11) is 2.03. The summed E-state index contributed by atoms with van der Waals surface area (Å²) < 4.78 is 2.06. The summed E-state index contributed by atoms with van der Waals surface area (Å²) in [5.41, 5.74) is 2.56. The minimum absolute atomic E-state index is 0.915. The van der Waals surface area contributed by atoms with Crippen LogP contribution in [0.1, 0.15) is 18.3 Å². The lowest BCUT2D eigenvalue weighted by molar-refractivity contribution is 0.789. The van der Waals surface area contributed by atoms with E-state index >= 15 is 0 Å². The molecule has 3 heteroatoms. The van der Waals surface area contributed by atoms with Crippen LogP contribution >= 0.6 is 0 Å². The first kappa shape index (κ1) is 11.7. The van der Waals surface area contributed by atoms with Gasteiger partial charge in [-0.05, 0) is 24.1 Å². The largest absolute Gasteiger partial charge is 0.385 e. The lowest BCUT2D eigenvalue weighted by Gasteiger charge is -2.07. The number of nitrogens with one attached hydrogen (secondary N) is 1. The Bertz CT molecular complexity index is 474. The molecule has 2 rings (SSSR count). The number of nitrogens with zero attached hydrogens (tertiary/aromatic N) is 2. The molecule has 0 aliphatic rings. The van der Waals surface area contributed by atoms with E-state index in [1.165, 1.54) is 11.3 Å². The summed E-state index contributed by atoms with van der Waals surface area (Å²) in [5, 5.41) is 3.43. The van der Waals surface area contributed by atoms with Gasteiger partial charge in [0.2, 0.25) is 0 Å². The second kappa shape index (κ2) is 5.53. The van der Waals surface area contributed by atoms with E-state index in [9.17, 15) is 0 Å². The van der Waals surface area contributed by atoms with E-state index in [-0.39, 0.29) is 0 Å². The van der Waals surface area contributed by atoms with Gasteiger partial charge in [0, 0.05) is 38.1 Å². The third kappa shape index (κ3) is 3.09. The van der Waals surface area contributed by atoms with Gasteiger partial charge < -0.3 is 9.88 Å². The second-order valence-electron chi connectivity index (χ2n) is 4.19. The van der Waals surface area contributed by atoms with E-state index in [1.54, 1.807) is 0 Å². The molecule has 2 aromatic rings. The minimum Gasteiger partial charge on any atom is -0.385 e. The highest BCUT2D eigenvalue weighted by Crippen LogP contribution is 2.11. The van der Waals surface area contributed by atoms with Gasteiger partial charge in [0.1, 0.15) is 5.82 Å². The first-order valence-corrected chi connectivity index (χ1v) is 6.08. The first-order chi connectivity index (χ1) is 8.29. The molecule has 90 valence electrons. The van der Waals surface area contributed by atoms with Crippen LogP contribution in [0, 0.1) is 0 Å². The molecule has 0 aliphatic carbocycles. The SMILES string of the molecule is CCc1cccc(NCCc2nccn2C)c1. The van der Waals surface area contributed by atoms with E-state index in [0.29, 0.717) is 0 Å². The molecule has 1 heterocycles. The van der Waals surface area contributed by atoms with Crippen LogP contribution in [0.25, 0.3) is 0 Å². The van der Waals surface area contributed by atoms with Gasteiger partial charge in [-0.2, -0.15) is 0 Å². The number of benzene rings is 1. The Morgan fingerprint density at radius 3 is 2.94 bits per heavy atom. The van der Waals surface area contributed by atoms with Crippen LogP contribution in [0.3, 0.4) is 0 Å². The van der Waals surface area contributed by atoms with E-state index in [1.807, 2.05) is 19.4 Å². The van der Waals surface area contributed by atoms with Gasteiger partial charge in [-0.25, -0.2) is 4.98 Å². The monoisotopic (exact) mass is 229 g/mol. The van der Waals surface area contributed by atoms with Crippen LogP contribution in [0.2, 0.25) is 0 Å². The maximum Gasteiger partial charge on any atom is 0.110 e. The Balaban J connectivity index is 1.87. The number of rotatable bonds is 5. The molecule has 17 heavy (non-hydrogen) atoms. The Kier molecular flexibility index (Phi) is 3.81. The minimum atomic E-state index is 0.915. The van der Waals surface area contributed by atoms with Crippen LogP contribution in [0.15, 0.2) is 36.7 Å². The number of anilines is 1. The molecule has 1 aromatic heterocycles. The van der Waals surface area contributed by atoms with Crippen molar-refractivity contribution in [1.29, 1.82) is 0 Å². The van der Waals surface area contributed by atoms with Gasteiger partial charge in [-0.3, -0.25) is 0 Å². The molecule has 0 bridgehead atoms. The zero-order valence-corrected chi connectivity index (χ0v) is 10.5. The molecule has 0 aliphatic heterocycles. The summed E-state index contributed by atoms with van der Waals surface area (Å²) in [6.45, 7) is 3.09. The molecule has 1 N–H and O–H groups in total. The van der Waals surface area contributed by atoms with E-state index in [2.05, 4.69) is 46.1 Å². The molecule has 1 aromatic carbocycles. The maximum atomic E-state index is 4.30. The highest BCUT2D eigenvalue weighted by atomic mass is 15.0. The fraction of sp³-hybridized carbons (Fsp3) is 0.357. The predicted molar refractivity (Wildman–Crippen MR) is 71.2 cm³/mol. The summed E-state index contributed by atoms with van der Waals surface area (Å²) >= 11 is 0. The quantitative estimate of drug-likeness (QED) is 0.854. The standard InChI is InChI=1S/C14H19N3/c1-3-12-5-4-6-13(11-12)15-8-7-14-16-9-10-17(14)2/h4-6,9-11,15H,3,7-8H2,1-2H3. The van der Waals surface area contributed by atoms with Crippen molar-refractivity contribution in [2.75, 3.05) is 11.9 Å². The van der Waals surface area contributed by atoms with Gasteiger partial charge in [0.05, 0.1) is 0 Å². The number of hydrogen-bond acceptors (Lipinski definition) is 2. The third-order valence-corrected chi connectivity index (χ3v) is 2.93. The van der Waals surface area contributed by atoms with Crippen molar-refractivity contribution >= 4 is 5.69 Å².